The molecule has 2 heterocycles. The summed E-state index contributed by atoms with van der Waals surface area (Å²) in [4.78, 5) is 3.71. The zero-order chi connectivity index (χ0) is 26.6. The average molecular weight is 506 g/mol. The third-order valence-corrected chi connectivity index (χ3v) is 8.39. The number of aliphatic hydroxyl groups is 1. The zero-order valence-electron chi connectivity index (χ0n) is 21.6. The van der Waals surface area contributed by atoms with Gasteiger partial charge in [0.05, 0.1) is 41.3 Å². The summed E-state index contributed by atoms with van der Waals surface area (Å²) >= 11 is 0. The molecule has 38 heavy (non-hydrogen) atoms. The van der Waals surface area contributed by atoms with Gasteiger partial charge >= 0.3 is 0 Å². The van der Waals surface area contributed by atoms with Crippen LogP contribution in [0.5, 0.6) is 0 Å². The van der Waals surface area contributed by atoms with Gasteiger partial charge < -0.3 is 5.11 Å². The van der Waals surface area contributed by atoms with E-state index in [-0.39, 0.29) is 23.4 Å². The number of nitrogens with zero attached hydrogens (tertiary/aromatic N) is 5. The topological polar surface area (TPSA) is 68.2 Å². The van der Waals surface area contributed by atoms with E-state index in [2.05, 4.69) is 46.2 Å². The highest BCUT2D eigenvalue weighted by Gasteiger charge is 2.51. The Labute approximate surface area is 221 Å². The molecule has 0 saturated heterocycles. The number of halogens is 1. The van der Waals surface area contributed by atoms with E-state index in [0.717, 1.165) is 57.9 Å². The van der Waals surface area contributed by atoms with Crippen molar-refractivity contribution in [3.05, 3.63) is 106 Å². The van der Waals surface area contributed by atoms with Gasteiger partial charge in [-0.2, -0.15) is 15.3 Å². The molecule has 0 bridgehead atoms. The van der Waals surface area contributed by atoms with Crippen molar-refractivity contribution < 1.29 is 9.50 Å². The summed E-state index contributed by atoms with van der Waals surface area (Å²) < 4.78 is 15.8. The lowest BCUT2D eigenvalue weighted by molar-refractivity contribution is 0.133. The van der Waals surface area contributed by atoms with Gasteiger partial charge in [-0.3, -0.25) is 0 Å². The Morgan fingerprint density at radius 3 is 2.47 bits per heavy atom. The number of benzene rings is 2. The maximum absolute atomic E-state index is 13.8. The normalized spacial score (nSPS) is 22.5. The average Bonchev–Trinajstić information content (AvgIpc) is 3.32. The molecule has 0 saturated carbocycles. The van der Waals surface area contributed by atoms with Crippen molar-refractivity contribution in [2.45, 2.75) is 45.4 Å². The summed E-state index contributed by atoms with van der Waals surface area (Å²) in [5.41, 5.74) is 7.74. The van der Waals surface area contributed by atoms with Crippen LogP contribution in [0.15, 0.2) is 72.3 Å². The Bertz CT molecular complexity index is 1610. The maximum Gasteiger partial charge on any atom is 0.203 e. The fourth-order valence-electron chi connectivity index (χ4n) is 6.53. The van der Waals surface area contributed by atoms with Crippen LogP contribution in [0.2, 0.25) is 0 Å². The predicted molar refractivity (Wildman–Crippen MR) is 144 cm³/mol. The molecule has 3 atom stereocenters. The maximum atomic E-state index is 13.8. The third kappa shape index (κ3) is 3.71. The molecule has 6 nitrogen and oxygen atoms in total. The second kappa shape index (κ2) is 8.91. The largest absolute Gasteiger partial charge is 0.523 e. The lowest BCUT2D eigenvalue weighted by Gasteiger charge is -2.48. The molecule has 0 spiro atoms. The van der Waals surface area contributed by atoms with Crippen LogP contribution in [0.3, 0.4) is 0 Å². The van der Waals surface area contributed by atoms with E-state index in [0.29, 0.717) is 12.1 Å². The second-order valence-electron chi connectivity index (χ2n) is 10.7. The molecule has 0 fully saturated rings. The molecule has 6 rings (SSSR count). The second-order valence-corrected chi connectivity index (χ2v) is 10.7. The van der Waals surface area contributed by atoms with E-state index in [4.69, 9.17) is 11.7 Å². The number of aryl methyl sites for hydroxylation is 1. The first-order chi connectivity index (χ1) is 18.3. The van der Waals surface area contributed by atoms with Crippen molar-refractivity contribution in [1.82, 2.24) is 20.0 Å². The molecule has 4 aromatic rings. The fraction of sp³-hybridized carbons (Fsp3) is 0.290. The molecule has 0 unspecified atom stereocenters. The van der Waals surface area contributed by atoms with Crippen molar-refractivity contribution in [3.8, 4) is 28.1 Å². The monoisotopic (exact) mass is 505 g/mol. The van der Waals surface area contributed by atoms with Gasteiger partial charge in [0.25, 0.3) is 0 Å². The molecule has 0 amide bonds. The number of rotatable bonds is 3. The number of fused-ring (bicyclic) bond motifs is 3. The highest BCUT2D eigenvalue weighted by molar-refractivity contribution is 5.68. The van der Waals surface area contributed by atoms with Crippen LogP contribution in [-0.2, 0) is 11.8 Å². The first-order valence-electron chi connectivity index (χ1n) is 12.9. The molecule has 2 aliphatic carbocycles. The lowest BCUT2D eigenvalue weighted by atomic mass is 9.57. The van der Waals surface area contributed by atoms with E-state index in [9.17, 15) is 9.50 Å². The zero-order valence-corrected chi connectivity index (χ0v) is 21.6. The molecule has 7 heteroatoms. The molecule has 2 aromatic carbocycles. The fourth-order valence-corrected chi connectivity index (χ4v) is 6.53. The van der Waals surface area contributed by atoms with Gasteiger partial charge in [-0.15, -0.1) is 0 Å². The van der Waals surface area contributed by atoms with Crippen LogP contribution in [0.25, 0.3) is 32.9 Å². The third-order valence-electron chi connectivity index (χ3n) is 8.39. The minimum atomic E-state index is -0.394. The molecular weight excluding hydrogens is 477 g/mol. The summed E-state index contributed by atoms with van der Waals surface area (Å²) in [6.07, 6.45) is 3.89. The predicted octanol–water partition coefficient (Wildman–Crippen LogP) is 6.99. The Morgan fingerprint density at radius 2 is 1.79 bits per heavy atom. The summed E-state index contributed by atoms with van der Waals surface area (Å²) in [5.74, 6) is -0.00846. The summed E-state index contributed by atoms with van der Waals surface area (Å²) in [7, 11) is 0. The minimum absolute atomic E-state index is 0.117. The summed E-state index contributed by atoms with van der Waals surface area (Å²) in [5, 5.41) is 24.1. The van der Waals surface area contributed by atoms with Gasteiger partial charge in [-0.1, -0.05) is 26.0 Å². The molecule has 0 radical (unpaired) electrons. The first kappa shape index (κ1) is 24.1. The van der Waals surface area contributed by atoms with Crippen LogP contribution in [0, 0.1) is 31.1 Å². The van der Waals surface area contributed by atoms with Crippen LogP contribution >= 0.6 is 0 Å². The highest BCUT2D eigenvalue weighted by atomic mass is 19.1. The lowest BCUT2D eigenvalue weighted by Crippen LogP contribution is -2.45. The van der Waals surface area contributed by atoms with Gasteiger partial charge in [-0.25, -0.2) is 13.9 Å². The highest BCUT2D eigenvalue weighted by Crippen LogP contribution is 2.55. The van der Waals surface area contributed by atoms with Crippen molar-refractivity contribution in [2.75, 3.05) is 0 Å². The van der Waals surface area contributed by atoms with E-state index < -0.39 is 5.41 Å². The van der Waals surface area contributed by atoms with Crippen molar-refractivity contribution >= 4 is 0 Å². The summed E-state index contributed by atoms with van der Waals surface area (Å²) in [6, 6.07) is 16.7. The van der Waals surface area contributed by atoms with Gasteiger partial charge in [0.15, 0.2) is 0 Å². The Balaban J connectivity index is 1.54. The van der Waals surface area contributed by atoms with Crippen LogP contribution < -0.4 is 0 Å². The number of hydrogen-bond acceptors (Lipinski definition) is 4. The number of allylic oxidation sites excluding steroid dienone is 2. The van der Waals surface area contributed by atoms with Gasteiger partial charge in [0.2, 0.25) is 5.70 Å². The van der Waals surface area contributed by atoms with Crippen molar-refractivity contribution in [3.63, 3.8) is 0 Å². The molecule has 2 aromatic heterocycles. The first-order valence-corrected chi connectivity index (χ1v) is 12.9. The molecular formula is C31H28FN5O. The molecule has 0 aliphatic heterocycles. The molecule has 190 valence electrons. The SMILES string of the molecule is [C-]#[N+]C1=C(O)[C@H](C)[C@H]2CCc3c(-c4ccc(F)cc4)nn(-c4ccc(-c5cnnc(C)c5)cc4)c3[C@]2(C)C1. The van der Waals surface area contributed by atoms with E-state index in [1.165, 1.54) is 12.1 Å². The van der Waals surface area contributed by atoms with Crippen LogP contribution in [-0.4, -0.2) is 25.1 Å². The number of hydrogen-bond donors (Lipinski definition) is 1. The quantitative estimate of drug-likeness (QED) is 0.305. The van der Waals surface area contributed by atoms with Gasteiger partial charge in [-0.05, 0) is 80.1 Å². The van der Waals surface area contributed by atoms with E-state index in [1.54, 1.807) is 18.3 Å². The van der Waals surface area contributed by atoms with Gasteiger partial charge in [0.1, 0.15) is 5.82 Å². The molecule has 2 aliphatic rings. The Kier molecular flexibility index (Phi) is 5.64. The van der Waals surface area contributed by atoms with Crippen LogP contribution in [0.4, 0.5) is 4.39 Å². The minimum Gasteiger partial charge on any atom is -0.523 e. The summed E-state index contributed by atoms with van der Waals surface area (Å²) in [6.45, 7) is 13.9. The van der Waals surface area contributed by atoms with E-state index >= 15 is 0 Å². The molecule has 1 N–H and O–H groups in total. The van der Waals surface area contributed by atoms with Gasteiger partial charge in [0, 0.05) is 28.0 Å². The van der Waals surface area contributed by atoms with Crippen molar-refractivity contribution in [1.29, 1.82) is 0 Å². The van der Waals surface area contributed by atoms with Crippen LogP contribution in [0.1, 0.15) is 43.6 Å². The standard InChI is InChI=1S/C31H28FN5O/c1-18-15-22(17-34-35-18)20-7-11-24(12-8-20)37-30-25(28(36-37)21-5-9-23(32)10-6-21)13-14-26-19(2)29(38)27(33-4)16-31(26,30)3/h5-12,15,17,19,26,38H,13-14,16H2,1-3H3/t19-,26-,31-/m1/s1. The van der Waals surface area contributed by atoms with E-state index in [1.807, 2.05) is 24.6 Å². The number of aromatic nitrogens is 4. The number of aliphatic hydroxyl groups excluding tert-OH is 1. The van der Waals surface area contributed by atoms with Crippen molar-refractivity contribution in [2.24, 2.45) is 11.8 Å². The smallest absolute Gasteiger partial charge is 0.203 e. The Hall–Kier alpha value is -4.31. The Morgan fingerprint density at radius 1 is 1.08 bits per heavy atom.